The zero-order valence-corrected chi connectivity index (χ0v) is 35.1. The molecule has 6 aromatic carbocycles. The monoisotopic (exact) mass is 778 g/mol. The van der Waals surface area contributed by atoms with Crippen molar-refractivity contribution in [3.63, 3.8) is 0 Å². The third kappa shape index (κ3) is 6.70. The summed E-state index contributed by atoms with van der Waals surface area (Å²) in [5.74, 6) is 4.14. The molecule has 10 rings (SSSR count). The molecule has 2 aromatic heterocycles. The van der Waals surface area contributed by atoms with Crippen LogP contribution in [0.1, 0.15) is 67.9 Å². The van der Waals surface area contributed by atoms with Gasteiger partial charge in [-0.2, -0.15) is 0 Å². The second kappa shape index (κ2) is 15.4. The maximum absolute atomic E-state index is 6.75. The molecule has 0 saturated heterocycles. The van der Waals surface area contributed by atoms with Crippen LogP contribution in [0.15, 0.2) is 167 Å². The Kier molecular flexibility index (Phi) is 9.62. The fourth-order valence-electron chi connectivity index (χ4n) is 9.41. The summed E-state index contributed by atoms with van der Waals surface area (Å²) in [6, 6.07) is 58.3. The molecule has 0 bridgehead atoms. The lowest BCUT2D eigenvalue weighted by molar-refractivity contribution is 0.563. The molecule has 0 N–H and O–H groups in total. The maximum Gasteiger partial charge on any atom is 0.134 e. The normalized spacial score (nSPS) is 15.5. The molecule has 0 amide bonds. The van der Waals surface area contributed by atoms with Gasteiger partial charge in [-0.25, -0.2) is 0 Å². The molecule has 2 unspecified atom stereocenters. The van der Waals surface area contributed by atoms with Gasteiger partial charge in [-0.15, -0.1) is 0 Å². The van der Waals surface area contributed by atoms with Crippen LogP contribution in [0, 0.1) is 27.7 Å². The van der Waals surface area contributed by atoms with Crippen LogP contribution >= 0.6 is 0 Å². The van der Waals surface area contributed by atoms with Crippen molar-refractivity contribution >= 4 is 32.8 Å². The number of allylic oxidation sites excluding steroid dienone is 2. The Hall–Kier alpha value is -6.42. The highest BCUT2D eigenvalue weighted by Crippen LogP contribution is 2.52. The Morgan fingerprint density at radius 2 is 0.746 bits per heavy atom. The number of hydrogen-bond acceptors (Lipinski definition) is 2. The van der Waals surface area contributed by atoms with Crippen LogP contribution in [0.4, 0.5) is 0 Å². The Morgan fingerprint density at radius 1 is 0.407 bits per heavy atom. The van der Waals surface area contributed by atoms with Gasteiger partial charge in [0.1, 0.15) is 23.0 Å². The number of rotatable bonds is 10. The summed E-state index contributed by atoms with van der Waals surface area (Å²) < 4.78 is 13.5. The minimum atomic E-state index is 0.209. The van der Waals surface area contributed by atoms with Gasteiger partial charge < -0.3 is 8.83 Å². The van der Waals surface area contributed by atoms with Gasteiger partial charge in [-0.1, -0.05) is 133 Å². The molecule has 2 aliphatic rings. The van der Waals surface area contributed by atoms with Crippen molar-refractivity contribution in [2.45, 2.75) is 51.6 Å². The minimum Gasteiger partial charge on any atom is -0.456 e. The molecule has 2 radical (unpaired) electrons. The predicted octanol–water partition coefficient (Wildman–Crippen LogP) is 15.3. The lowest BCUT2D eigenvalue weighted by Crippen LogP contribution is -2.08. The lowest BCUT2D eigenvalue weighted by atomic mass is 9.87. The van der Waals surface area contributed by atoms with E-state index in [0.717, 1.165) is 46.3 Å². The van der Waals surface area contributed by atoms with E-state index in [4.69, 9.17) is 8.83 Å². The molecule has 0 spiro atoms. The largest absolute Gasteiger partial charge is 0.456 e. The fourth-order valence-corrected chi connectivity index (χ4v) is 11.0. The van der Waals surface area contributed by atoms with Crippen LogP contribution in [0.25, 0.3) is 68.2 Å². The lowest BCUT2D eigenvalue weighted by Gasteiger charge is -2.22. The van der Waals surface area contributed by atoms with Crippen molar-refractivity contribution in [1.29, 1.82) is 0 Å². The summed E-state index contributed by atoms with van der Waals surface area (Å²) in [4.78, 5) is 0. The Morgan fingerprint density at radius 3 is 1.12 bits per heavy atom. The summed E-state index contributed by atoms with van der Waals surface area (Å²) >= 11 is 0. The van der Waals surface area contributed by atoms with E-state index in [9.17, 15) is 0 Å². The van der Waals surface area contributed by atoms with Crippen LogP contribution in [-0.2, 0) is 0 Å². The van der Waals surface area contributed by atoms with E-state index in [-0.39, 0.29) is 11.8 Å². The Bertz CT molecular complexity index is 2680. The maximum atomic E-state index is 6.75. The molecule has 2 nitrogen and oxygen atoms in total. The van der Waals surface area contributed by atoms with Gasteiger partial charge in [0.15, 0.2) is 0 Å². The van der Waals surface area contributed by atoms with Gasteiger partial charge in [0, 0.05) is 43.6 Å². The molecule has 286 valence electrons. The smallest absolute Gasteiger partial charge is 0.134 e. The highest BCUT2D eigenvalue weighted by Gasteiger charge is 2.34. The van der Waals surface area contributed by atoms with E-state index in [1.165, 1.54) is 77.9 Å². The zero-order chi connectivity index (χ0) is 40.0. The van der Waals surface area contributed by atoms with E-state index in [0.29, 0.717) is 9.52 Å². The molecule has 2 aliphatic carbocycles. The SMILES string of the molecule is Cc1cc2c(c(-c3ccccc3)c1C)C=C(c1ccc(-c3ccccc3)o1)C2C[Si]CC1C(c2ccc(-c3ccccc3)o2)=Cc2c1cc(C)c(C)c2-c1ccccc1. The number of hydrogen-bond donors (Lipinski definition) is 0. The van der Waals surface area contributed by atoms with Crippen molar-refractivity contribution in [2.75, 3.05) is 0 Å². The average Bonchev–Trinajstić information content (AvgIpc) is 4.10. The first-order valence-electron chi connectivity index (χ1n) is 20.8. The van der Waals surface area contributed by atoms with Crippen molar-refractivity contribution < 1.29 is 8.83 Å². The van der Waals surface area contributed by atoms with Gasteiger partial charge in [0.05, 0.1) is 0 Å². The highest BCUT2D eigenvalue weighted by atomic mass is 28.2. The third-order valence-corrected chi connectivity index (χ3v) is 14.1. The van der Waals surface area contributed by atoms with Gasteiger partial charge in [-0.3, -0.25) is 0 Å². The van der Waals surface area contributed by atoms with Crippen molar-refractivity contribution in [1.82, 2.24) is 0 Å². The standard InChI is InChI=1S/C56H46O2Si/c1-35-29-43-47(55(37(35)3)41-21-13-7-14-22-41)31-45(53-27-25-51(57-53)39-17-9-5-10-18-39)49(43)33-59-34-50-44-30-36(2)38(4)56(42-23-15-8-16-24-42)48(44)32-46(50)54-28-26-52(58-54)40-19-11-6-12-20-40/h5-32,49-50H,33-34H2,1-4H3. The van der Waals surface area contributed by atoms with E-state index in [2.05, 4.69) is 198 Å². The quantitative estimate of drug-likeness (QED) is 0.129. The number of aryl methyl sites for hydroxylation is 2. The van der Waals surface area contributed by atoms with Crippen LogP contribution in [0.5, 0.6) is 0 Å². The van der Waals surface area contributed by atoms with Gasteiger partial charge in [0.25, 0.3) is 0 Å². The Labute approximate surface area is 350 Å². The highest BCUT2D eigenvalue weighted by molar-refractivity contribution is 6.37. The molecule has 0 fully saturated rings. The van der Waals surface area contributed by atoms with Crippen LogP contribution in [0.2, 0.25) is 12.1 Å². The Balaban J connectivity index is 1.04. The van der Waals surface area contributed by atoms with E-state index >= 15 is 0 Å². The van der Waals surface area contributed by atoms with Crippen LogP contribution < -0.4 is 0 Å². The van der Waals surface area contributed by atoms with Crippen LogP contribution in [-0.4, -0.2) is 9.52 Å². The summed E-state index contributed by atoms with van der Waals surface area (Å²) in [7, 11) is 0.695. The second-order valence-corrected chi connectivity index (χ2v) is 17.5. The van der Waals surface area contributed by atoms with Crippen molar-refractivity contribution in [3.8, 4) is 44.9 Å². The van der Waals surface area contributed by atoms with Gasteiger partial charge in [-0.05, 0) is 143 Å². The molecule has 3 heteroatoms. The zero-order valence-electron chi connectivity index (χ0n) is 34.1. The summed E-state index contributed by atoms with van der Waals surface area (Å²) in [5.41, 5.74) is 20.7. The van der Waals surface area contributed by atoms with E-state index in [1.807, 2.05) is 0 Å². The fraction of sp³-hybridized carbons (Fsp3) is 0.143. The molecule has 8 aromatic rings. The van der Waals surface area contributed by atoms with Crippen molar-refractivity contribution in [3.05, 3.63) is 214 Å². The first kappa shape index (κ1) is 36.9. The predicted molar refractivity (Wildman–Crippen MR) is 248 cm³/mol. The summed E-state index contributed by atoms with van der Waals surface area (Å²) in [6.45, 7) is 9.09. The molecular formula is C56H46O2Si. The van der Waals surface area contributed by atoms with Gasteiger partial charge >= 0.3 is 0 Å². The number of furan rings is 2. The first-order valence-corrected chi connectivity index (χ1v) is 22.2. The molecule has 2 atom stereocenters. The van der Waals surface area contributed by atoms with E-state index in [1.54, 1.807) is 0 Å². The first-order chi connectivity index (χ1) is 28.9. The molecule has 2 heterocycles. The molecule has 0 saturated carbocycles. The topological polar surface area (TPSA) is 26.3 Å². The molecular weight excluding hydrogens is 733 g/mol. The molecule has 0 aliphatic heterocycles. The van der Waals surface area contributed by atoms with Crippen LogP contribution in [0.3, 0.4) is 0 Å². The summed E-state index contributed by atoms with van der Waals surface area (Å²) in [5, 5.41) is 0. The average molecular weight is 779 g/mol. The number of benzene rings is 6. The van der Waals surface area contributed by atoms with Crippen molar-refractivity contribution in [2.24, 2.45) is 0 Å². The third-order valence-electron chi connectivity index (χ3n) is 12.7. The minimum absolute atomic E-state index is 0.209. The second-order valence-electron chi connectivity index (χ2n) is 16.1. The molecule has 59 heavy (non-hydrogen) atoms. The summed E-state index contributed by atoms with van der Waals surface area (Å²) in [6.07, 6.45) is 4.88. The number of fused-ring (bicyclic) bond motifs is 2. The van der Waals surface area contributed by atoms with Gasteiger partial charge in [0.2, 0.25) is 0 Å². The van der Waals surface area contributed by atoms with E-state index < -0.39 is 0 Å².